The third-order valence-electron chi connectivity index (χ3n) is 3.38. The second-order valence-electron chi connectivity index (χ2n) is 5.79. The van der Waals surface area contributed by atoms with Gasteiger partial charge in [0.15, 0.2) is 0 Å². The number of aliphatic hydroxyl groups is 1. The van der Waals surface area contributed by atoms with Crippen LogP contribution in [0, 0.1) is 0 Å². The molecule has 0 aliphatic heterocycles. The number of benzene rings is 1. The van der Waals surface area contributed by atoms with Gasteiger partial charge in [-0.2, -0.15) is 0 Å². The number of halogens is 1. The van der Waals surface area contributed by atoms with E-state index in [-0.39, 0.29) is 18.9 Å². The van der Waals surface area contributed by atoms with E-state index in [1.807, 2.05) is 0 Å². The molecule has 0 unspecified atom stereocenters. The van der Waals surface area contributed by atoms with E-state index in [0.717, 1.165) is 0 Å². The maximum atomic E-state index is 11.8. The first-order valence-electron chi connectivity index (χ1n) is 6.53. The van der Waals surface area contributed by atoms with E-state index in [4.69, 9.17) is 16.3 Å². The van der Waals surface area contributed by atoms with Crippen LogP contribution in [0.15, 0.2) is 24.3 Å². The van der Waals surface area contributed by atoms with Gasteiger partial charge >= 0.3 is 0 Å². The van der Waals surface area contributed by atoms with Crippen LogP contribution in [0.3, 0.4) is 0 Å². The second kappa shape index (κ2) is 6.46. The van der Waals surface area contributed by atoms with Gasteiger partial charge < -0.3 is 15.2 Å². The van der Waals surface area contributed by atoms with E-state index in [1.165, 1.54) is 0 Å². The lowest BCUT2D eigenvalue weighted by molar-refractivity contribution is -0.126. The van der Waals surface area contributed by atoms with Gasteiger partial charge in [-0.3, -0.25) is 4.79 Å². The van der Waals surface area contributed by atoms with Crippen LogP contribution in [0.2, 0.25) is 5.02 Å². The molecule has 5 heteroatoms. The van der Waals surface area contributed by atoms with Gasteiger partial charge in [0.1, 0.15) is 5.75 Å². The average molecular weight is 300 g/mol. The zero-order valence-electron chi connectivity index (χ0n) is 12.4. The van der Waals surface area contributed by atoms with Crippen molar-refractivity contribution in [3.63, 3.8) is 0 Å². The van der Waals surface area contributed by atoms with Gasteiger partial charge in [0, 0.05) is 5.02 Å². The van der Waals surface area contributed by atoms with E-state index in [2.05, 4.69) is 5.32 Å². The number of rotatable bonds is 6. The Morgan fingerprint density at radius 1 is 1.35 bits per heavy atom. The highest BCUT2D eigenvalue weighted by Crippen LogP contribution is 2.21. The quantitative estimate of drug-likeness (QED) is 0.849. The third kappa shape index (κ3) is 5.02. The molecule has 0 atom stereocenters. The summed E-state index contributed by atoms with van der Waals surface area (Å²) in [4.78, 5) is 11.8. The van der Waals surface area contributed by atoms with Crippen molar-refractivity contribution in [2.24, 2.45) is 0 Å². The van der Waals surface area contributed by atoms with E-state index in [0.29, 0.717) is 10.8 Å². The molecule has 0 fully saturated rings. The van der Waals surface area contributed by atoms with Crippen LogP contribution < -0.4 is 10.1 Å². The van der Waals surface area contributed by atoms with Crippen molar-refractivity contribution in [2.45, 2.75) is 45.3 Å². The molecule has 4 nitrogen and oxygen atoms in total. The summed E-state index contributed by atoms with van der Waals surface area (Å²) in [6.45, 7) is 7.14. The van der Waals surface area contributed by atoms with Crippen molar-refractivity contribution in [3.8, 4) is 5.75 Å². The highest BCUT2D eigenvalue weighted by Gasteiger charge is 2.36. The molecule has 0 spiro atoms. The molecule has 0 aliphatic carbocycles. The van der Waals surface area contributed by atoms with Crippen LogP contribution in [-0.2, 0) is 4.79 Å². The predicted octanol–water partition coefficient (Wildman–Crippen LogP) is 2.77. The maximum absolute atomic E-state index is 11.8. The minimum Gasteiger partial charge on any atom is -0.493 e. The van der Waals surface area contributed by atoms with Crippen LogP contribution in [0.5, 0.6) is 5.75 Å². The molecule has 0 aliphatic rings. The molecule has 0 bridgehead atoms. The summed E-state index contributed by atoms with van der Waals surface area (Å²) in [5.41, 5.74) is -1.71. The molecule has 2 N–H and O–H groups in total. The van der Waals surface area contributed by atoms with E-state index in [1.54, 1.807) is 52.0 Å². The van der Waals surface area contributed by atoms with Crippen molar-refractivity contribution >= 4 is 17.5 Å². The molecule has 112 valence electrons. The number of carbonyl (C=O) groups excluding carboxylic acids is 1. The van der Waals surface area contributed by atoms with Gasteiger partial charge in [-0.1, -0.05) is 17.7 Å². The van der Waals surface area contributed by atoms with E-state index < -0.39 is 11.1 Å². The fourth-order valence-corrected chi connectivity index (χ4v) is 1.56. The zero-order chi connectivity index (χ0) is 15.4. The van der Waals surface area contributed by atoms with Crippen molar-refractivity contribution in [1.82, 2.24) is 5.32 Å². The van der Waals surface area contributed by atoms with Crippen LogP contribution in [0.25, 0.3) is 0 Å². The first kappa shape index (κ1) is 16.8. The van der Waals surface area contributed by atoms with Crippen molar-refractivity contribution < 1.29 is 14.6 Å². The SMILES string of the molecule is CC(C)(O)C(C)(C)NC(=O)CCOc1cccc(Cl)c1. The molecule has 0 aromatic heterocycles. The van der Waals surface area contributed by atoms with Crippen molar-refractivity contribution in [3.05, 3.63) is 29.3 Å². The molecule has 0 radical (unpaired) electrons. The summed E-state index contributed by atoms with van der Waals surface area (Å²) in [7, 11) is 0. The van der Waals surface area contributed by atoms with Gasteiger partial charge in [-0.15, -0.1) is 0 Å². The molecular formula is C15H22ClNO3. The molecule has 0 saturated heterocycles. The van der Waals surface area contributed by atoms with Crippen molar-refractivity contribution in [2.75, 3.05) is 6.61 Å². The minimum atomic E-state index is -1.00. The minimum absolute atomic E-state index is 0.167. The molecule has 0 heterocycles. The Balaban J connectivity index is 2.41. The lowest BCUT2D eigenvalue weighted by atomic mass is 9.86. The molecule has 1 rings (SSSR count). The molecular weight excluding hydrogens is 278 g/mol. The Morgan fingerprint density at radius 3 is 2.55 bits per heavy atom. The van der Waals surface area contributed by atoms with Crippen LogP contribution in [0.4, 0.5) is 0 Å². The van der Waals surface area contributed by atoms with Crippen LogP contribution in [0.1, 0.15) is 34.1 Å². The molecule has 1 aromatic carbocycles. The Morgan fingerprint density at radius 2 is 2.00 bits per heavy atom. The summed E-state index contributed by atoms with van der Waals surface area (Å²) in [5.74, 6) is 0.464. The van der Waals surface area contributed by atoms with Crippen LogP contribution >= 0.6 is 11.6 Å². The Labute approximate surface area is 125 Å². The zero-order valence-corrected chi connectivity index (χ0v) is 13.1. The normalized spacial score (nSPS) is 12.1. The van der Waals surface area contributed by atoms with Gasteiger partial charge in [-0.05, 0) is 45.9 Å². The Kier molecular flexibility index (Phi) is 5.42. The number of ether oxygens (including phenoxy) is 1. The van der Waals surface area contributed by atoms with Gasteiger partial charge in [0.2, 0.25) is 5.91 Å². The van der Waals surface area contributed by atoms with Gasteiger partial charge in [0.25, 0.3) is 0 Å². The lowest BCUT2D eigenvalue weighted by Gasteiger charge is -2.38. The summed E-state index contributed by atoms with van der Waals surface area (Å²) >= 11 is 5.84. The Hall–Kier alpha value is -1.26. The summed E-state index contributed by atoms with van der Waals surface area (Å²) in [6.07, 6.45) is 0.214. The molecule has 20 heavy (non-hydrogen) atoms. The average Bonchev–Trinajstić information content (AvgIpc) is 2.26. The topological polar surface area (TPSA) is 58.6 Å². The van der Waals surface area contributed by atoms with E-state index >= 15 is 0 Å². The predicted molar refractivity (Wildman–Crippen MR) is 80.1 cm³/mol. The molecule has 1 aromatic rings. The number of hydrogen-bond donors (Lipinski definition) is 2. The highest BCUT2D eigenvalue weighted by molar-refractivity contribution is 6.30. The smallest absolute Gasteiger partial charge is 0.223 e. The van der Waals surface area contributed by atoms with Gasteiger partial charge in [-0.25, -0.2) is 0 Å². The first-order valence-corrected chi connectivity index (χ1v) is 6.91. The summed E-state index contributed by atoms with van der Waals surface area (Å²) in [5, 5.41) is 13.4. The Bertz CT molecular complexity index is 466. The summed E-state index contributed by atoms with van der Waals surface area (Å²) < 4.78 is 5.45. The highest BCUT2D eigenvalue weighted by atomic mass is 35.5. The van der Waals surface area contributed by atoms with Crippen molar-refractivity contribution in [1.29, 1.82) is 0 Å². The third-order valence-corrected chi connectivity index (χ3v) is 3.61. The summed E-state index contributed by atoms with van der Waals surface area (Å²) in [6, 6.07) is 7.02. The number of amides is 1. The fraction of sp³-hybridized carbons (Fsp3) is 0.533. The van der Waals surface area contributed by atoms with Crippen LogP contribution in [-0.4, -0.2) is 28.8 Å². The first-order chi connectivity index (χ1) is 9.12. The molecule has 1 amide bonds. The largest absolute Gasteiger partial charge is 0.493 e. The second-order valence-corrected chi connectivity index (χ2v) is 6.22. The number of nitrogens with one attached hydrogen (secondary N) is 1. The number of hydrogen-bond acceptors (Lipinski definition) is 3. The number of carbonyl (C=O) groups is 1. The standard InChI is InChI=1S/C15H22ClNO3/c1-14(2,15(3,4)19)17-13(18)8-9-20-12-7-5-6-11(16)10-12/h5-7,10,19H,8-9H2,1-4H3,(H,17,18). The maximum Gasteiger partial charge on any atom is 0.223 e. The lowest BCUT2D eigenvalue weighted by Crippen LogP contribution is -2.57. The van der Waals surface area contributed by atoms with Gasteiger partial charge in [0.05, 0.1) is 24.2 Å². The fourth-order valence-electron chi connectivity index (χ4n) is 1.38. The molecule has 0 saturated carbocycles. The van der Waals surface area contributed by atoms with E-state index in [9.17, 15) is 9.90 Å². The monoisotopic (exact) mass is 299 g/mol.